The van der Waals surface area contributed by atoms with E-state index in [9.17, 15) is 0 Å². The van der Waals surface area contributed by atoms with Crippen molar-refractivity contribution in [3.05, 3.63) is 59.2 Å². The third-order valence-corrected chi connectivity index (χ3v) is 3.21. The first-order chi connectivity index (χ1) is 9.60. The Morgan fingerprint density at radius 3 is 2.65 bits per heavy atom. The molecule has 0 aliphatic carbocycles. The molecule has 0 saturated carbocycles. The van der Waals surface area contributed by atoms with Crippen LogP contribution >= 0.6 is 0 Å². The highest BCUT2D eigenvalue weighted by atomic mass is 16.5. The van der Waals surface area contributed by atoms with Gasteiger partial charge in [0, 0.05) is 11.6 Å². The highest BCUT2D eigenvalue weighted by molar-refractivity contribution is 5.37. The Balaban J connectivity index is 2.12. The van der Waals surface area contributed by atoms with Crippen LogP contribution in [0.3, 0.4) is 0 Å². The molecule has 3 nitrogen and oxygen atoms in total. The van der Waals surface area contributed by atoms with E-state index in [1.165, 1.54) is 5.56 Å². The van der Waals surface area contributed by atoms with E-state index in [2.05, 4.69) is 13.0 Å². The van der Waals surface area contributed by atoms with Crippen molar-refractivity contribution in [2.24, 2.45) is 5.73 Å². The van der Waals surface area contributed by atoms with Gasteiger partial charge < -0.3 is 15.2 Å². The Labute approximate surface area is 120 Å². The molecule has 2 aromatic carbocycles. The fourth-order valence-corrected chi connectivity index (χ4v) is 2.07. The molecule has 0 aliphatic rings. The number of nitrogens with two attached hydrogens (primary N) is 1. The van der Waals surface area contributed by atoms with Gasteiger partial charge in [-0.1, -0.05) is 23.8 Å². The Morgan fingerprint density at radius 2 is 1.95 bits per heavy atom. The SMILES string of the molecule is COc1ccc(C)cc1COc1cccc([C@@H](C)N)c1. The molecule has 0 saturated heterocycles. The minimum atomic E-state index is 0.00653. The van der Waals surface area contributed by atoms with Gasteiger partial charge in [0.15, 0.2) is 0 Å². The standard InChI is InChI=1S/C17H21NO2/c1-12-7-8-17(19-3)15(9-12)11-20-16-6-4-5-14(10-16)13(2)18/h4-10,13H,11,18H2,1-3H3/t13-/m1/s1. The third kappa shape index (κ3) is 3.52. The summed E-state index contributed by atoms with van der Waals surface area (Å²) in [7, 11) is 1.67. The summed E-state index contributed by atoms with van der Waals surface area (Å²) in [4.78, 5) is 0. The summed E-state index contributed by atoms with van der Waals surface area (Å²) in [5.41, 5.74) is 9.18. The maximum atomic E-state index is 5.88. The van der Waals surface area contributed by atoms with E-state index in [1.54, 1.807) is 7.11 Å². The zero-order valence-electron chi connectivity index (χ0n) is 12.2. The largest absolute Gasteiger partial charge is 0.496 e. The van der Waals surface area contributed by atoms with Crippen LogP contribution in [0.1, 0.15) is 29.7 Å². The second kappa shape index (κ2) is 6.44. The monoisotopic (exact) mass is 271 g/mol. The second-order valence-corrected chi connectivity index (χ2v) is 4.97. The highest BCUT2D eigenvalue weighted by Crippen LogP contribution is 2.23. The Hall–Kier alpha value is -2.00. The van der Waals surface area contributed by atoms with Crippen LogP contribution in [0.4, 0.5) is 0 Å². The first-order valence-corrected chi connectivity index (χ1v) is 6.72. The number of methoxy groups -OCH3 is 1. The van der Waals surface area contributed by atoms with Crippen LogP contribution < -0.4 is 15.2 Å². The fourth-order valence-electron chi connectivity index (χ4n) is 2.07. The zero-order valence-corrected chi connectivity index (χ0v) is 12.2. The summed E-state index contributed by atoms with van der Waals surface area (Å²) in [5.74, 6) is 1.67. The Bertz CT molecular complexity index is 579. The van der Waals surface area contributed by atoms with Crippen LogP contribution in [0.25, 0.3) is 0 Å². The van der Waals surface area contributed by atoms with Crippen LogP contribution in [-0.2, 0) is 6.61 Å². The van der Waals surface area contributed by atoms with Crippen molar-refractivity contribution in [1.29, 1.82) is 0 Å². The summed E-state index contributed by atoms with van der Waals surface area (Å²) in [6, 6.07) is 14.0. The van der Waals surface area contributed by atoms with Crippen molar-refractivity contribution in [3.63, 3.8) is 0 Å². The van der Waals surface area contributed by atoms with Crippen LogP contribution in [0.15, 0.2) is 42.5 Å². The van der Waals surface area contributed by atoms with Gasteiger partial charge in [-0.3, -0.25) is 0 Å². The predicted molar refractivity (Wildman–Crippen MR) is 81.1 cm³/mol. The fraction of sp³-hybridized carbons (Fsp3) is 0.294. The lowest BCUT2D eigenvalue weighted by atomic mass is 10.1. The first-order valence-electron chi connectivity index (χ1n) is 6.72. The van der Waals surface area contributed by atoms with E-state index < -0.39 is 0 Å². The number of aryl methyl sites for hydroxylation is 1. The number of ether oxygens (including phenoxy) is 2. The van der Waals surface area contributed by atoms with Crippen molar-refractivity contribution < 1.29 is 9.47 Å². The average Bonchev–Trinajstić information content (AvgIpc) is 2.45. The van der Waals surface area contributed by atoms with Crippen LogP contribution in [0.5, 0.6) is 11.5 Å². The van der Waals surface area contributed by atoms with Gasteiger partial charge >= 0.3 is 0 Å². The van der Waals surface area contributed by atoms with E-state index in [0.29, 0.717) is 6.61 Å². The van der Waals surface area contributed by atoms with Gasteiger partial charge in [-0.25, -0.2) is 0 Å². The lowest BCUT2D eigenvalue weighted by molar-refractivity contribution is 0.296. The number of hydrogen-bond donors (Lipinski definition) is 1. The van der Waals surface area contributed by atoms with Gasteiger partial charge in [0.2, 0.25) is 0 Å². The van der Waals surface area contributed by atoms with Gasteiger partial charge in [0.1, 0.15) is 18.1 Å². The second-order valence-electron chi connectivity index (χ2n) is 4.97. The molecule has 2 N–H and O–H groups in total. The maximum Gasteiger partial charge on any atom is 0.125 e. The smallest absolute Gasteiger partial charge is 0.125 e. The molecule has 0 spiro atoms. The molecular formula is C17H21NO2. The maximum absolute atomic E-state index is 5.88. The average molecular weight is 271 g/mol. The summed E-state index contributed by atoms with van der Waals surface area (Å²) in [5, 5.41) is 0. The third-order valence-electron chi connectivity index (χ3n) is 3.21. The molecule has 0 amide bonds. The van der Waals surface area contributed by atoms with E-state index in [4.69, 9.17) is 15.2 Å². The summed E-state index contributed by atoms with van der Waals surface area (Å²) >= 11 is 0. The molecule has 0 unspecified atom stereocenters. The minimum Gasteiger partial charge on any atom is -0.496 e. The summed E-state index contributed by atoms with van der Waals surface area (Å²) in [6.07, 6.45) is 0. The van der Waals surface area contributed by atoms with E-state index in [1.807, 2.05) is 43.3 Å². The molecular weight excluding hydrogens is 250 g/mol. The Morgan fingerprint density at radius 1 is 1.15 bits per heavy atom. The van der Waals surface area contributed by atoms with Gasteiger partial charge in [-0.2, -0.15) is 0 Å². The molecule has 1 atom stereocenters. The number of rotatable bonds is 5. The van der Waals surface area contributed by atoms with E-state index >= 15 is 0 Å². The molecule has 3 heteroatoms. The summed E-state index contributed by atoms with van der Waals surface area (Å²) < 4.78 is 11.2. The molecule has 0 aliphatic heterocycles. The molecule has 0 fully saturated rings. The topological polar surface area (TPSA) is 44.5 Å². The van der Waals surface area contributed by atoms with Crippen LogP contribution in [-0.4, -0.2) is 7.11 Å². The van der Waals surface area contributed by atoms with Gasteiger partial charge in [-0.15, -0.1) is 0 Å². The van der Waals surface area contributed by atoms with Crippen molar-refractivity contribution in [1.82, 2.24) is 0 Å². The van der Waals surface area contributed by atoms with Crippen molar-refractivity contribution in [2.45, 2.75) is 26.5 Å². The lowest BCUT2D eigenvalue weighted by Gasteiger charge is -2.12. The van der Waals surface area contributed by atoms with Crippen LogP contribution in [0.2, 0.25) is 0 Å². The predicted octanol–water partition coefficient (Wildman–Crippen LogP) is 3.60. The van der Waals surface area contributed by atoms with Crippen molar-refractivity contribution >= 4 is 0 Å². The lowest BCUT2D eigenvalue weighted by Crippen LogP contribution is -2.05. The summed E-state index contributed by atoms with van der Waals surface area (Å²) in [6.45, 7) is 4.50. The molecule has 106 valence electrons. The zero-order chi connectivity index (χ0) is 14.5. The van der Waals surface area contributed by atoms with Crippen LogP contribution in [0, 0.1) is 6.92 Å². The van der Waals surface area contributed by atoms with Crippen molar-refractivity contribution in [3.8, 4) is 11.5 Å². The van der Waals surface area contributed by atoms with E-state index in [-0.39, 0.29) is 6.04 Å². The number of hydrogen-bond acceptors (Lipinski definition) is 3. The van der Waals surface area contributed by atoms with Gasteiger partial charge in [0.25, 0.3) is 0 Å². The van der Waals surface area contributed by atoms with E-state index in [0.717, 1.165) is 22.6 Å². The molecule has 2 rings (SSSR count). The molecule has 0 heterocycles. The molecule has 0 bridgehead atoms. The molecule has 0 radical (unpaired) electrons. The number of benzene rings is 2. The molecule has 0 aromatic heterocycles. The minimum absolute atomic E-state index is 0.00653. The molecule has 20 heavy (non-hydrogen) atoms. The Kier molecular flexibility index (Phi) is 4.64. The molecule has 2 aromatic rings. The quantitative estimate of drug-likeness (QED) is 0.903. The van der Waals surface area contributed by atoms with Crippen molar-refractivity contribution in [2.75, 3.05) is 7.11 Å². The van der Waals surface area contributed by atoms with Gasteiger partial charge in [0.05, 0.1) is 7.11 Å². The highest BCUT2D eigenvalue weighted by Gasteiger charge is 2.05. The normalized spacial score (nSPS) is 12.0. The van der Waals surface area contributed by atoms with Gasteiger partial charge in [-0.05, 0) is 43.7 Å². The first kappa shape index (κ1) is 14.4.